The Morgan fingerprint density at radius 3 is 1.98 bits per heavy atom. The zero-order valence-corrected chi connectivity index (χ0v) is 26.9. The maximum Gasteiger partial charge on any atom is 0.408 e. The lowest BCUT2D eigenvalue weighted by molar-refractivity contribution is -0.144. The van der Waals surface area contributed by atoms with Crippen molar-refractivity contribution >= 4 is 23.9 Å². The highest BCUT2D eigenvalue weighted by Gasteiger charge is 2.38. The number of rotatable bonds is 11. The van der Waals surface area contributed by atoms with Crippen molar-refractivity contribution < 1.29 is 29.0 Å². The van der Waals surface area contributed by atoms with Crippen LogP contribution in [0, 0.1) is 5.92 Å². The summed E-state index contributed by atoms with van der Waals surface area (Å²) in [4.78, 5) is 50.4. The molecular formula is C34H54N4O6. The first-order valence-electron chi connectivity index (χ1n) is 16.7. The van der Waals surface area contributed by atoms with Crippen LogP contribution >= 0.6 is 0 Å². The van der Waals surface area contributed by atoms with Crippen molar-refractivity contribution in [3.05, 3.63) is 35.9 Å². The van der Waals surface area contributed by atoms with E-state index >= 15 is 0 Å². The summed E-state index contributed by atoms with van der Waals surface area (Å²) in [6, 6.07) is 8.25. The predicted octanol–water partition coefficient (Wildman–Crippen LogP) is 5.15. The highest BCUT2D eigenvalue weighted by atomic mass is 16.5. The first kappa shape index (κ1) is 35.3. The van der Waals surface area contributed by atoms with Gasteiger partial charge in [0, 0.05) is 18.6 Å². The molecule has 3 atom stereocenters. The minimum absolute atomic E-state index is 0.0781. The van der Waals surface area contributed by atoms with Crippen LogP contribution in [0.5, 0.6) is 0 Å². The maximum atomic E-state index is 12.8. The molecule has 3 amide bonds. The van der Waals surface area contributed by atoms with Crippen molar-refractivity contribution in [3.8, 4) is 0 Å². The summed E-state index contributed by atoms with van der Waals surface area (Å²) in [6.45, 7) is 5.71. The number of alkyl carbamates (subject to hydrolysis) is 1. The van der Waals surface area contributed by atoms with Crippen LogP contribution < -0.4 is 16.0 Å². The number of hydrogen-bond donors (Lipinski definition) is 4. The van der Waals surface area contributed by atoms with Gasteiger partial charge in [-0.2, -0.15) is 0 Å². The number of nitrogens with zero attached hydrogens (tertiary/aromatic N) is 1. The van der Waals surface area contributed by atoms with Gasteiger partial charge in [0.05, 0.1) is 0 Å². The van der Waals surface area contributed by atoms with E-state index in [1.807, 2.05) is 44.2 Å². The average Bonchev–Trinajstić information content (AvgIpc) is 3.51. The van der Waals surface area contributed by atoms with Crippen LogP contribution in [0.3, 0.4) is 0 Å². The molecule has 1 aliphatic heterocycles. The number of carboxylic acids is 1. The summed E-state index contributed by atoms with van der Waals surface area (Å²) in [5.41, 5.74) is 0.822. The molecule has 2 saturated carbocycles. The van der Waals surface area contributed by atoms with E-state index in [0.717, 1.165) is 17.6 Å². The predicted molar refractivity (Wildman–Crippen MR) is 170 cm³/mol. The Labute approximate surface area is 263 Å². The molecule has 0 bridgehead atoms. The SMILES string of the molecule is C1CCC(NC2CCCCC2)CC1.CC(C)CC(NC(=O)C1CCCN1C(=O)C(C)NC(=O)OCc1ccccc1)C(=O)O. The topological polar surface area (TPSA) is 137 Å². The van der Waals surface area contributed by atoms with E-state index in [9.17, 15) is 24.3 Å². The van der Waals surface area contributed by atoms with Crippen LogP contribution in [0.1, 0.15) is 110 Å². The van der Waals surface area contributed by atoms with Crippen LogP contribution in [-0.4, -0.2) is 70.6 Å². The molecule has 1 saturated heterocycles. The van der Waals surface area contributed by atoms with Crippen molar-refractivity contribution in [2.75, 3.05) is 6.54 Å². The van der Waals surface area contributed by atoms with Crippen molar-refractivity contribution in [3.63, 3.8) is 0 Å². The van der Waals surface area contributed by atoms with Gasteiger partial charge in [-0.05, 0) is 63.4 Å². The molecule has 1 heterocycles. The van der Waals surface area contributed by atoms with E-state index < -0.39 is 42.0 Å². The van der Waals surface area contributed by atoms with Gasteiger partial charge in [-0.3, -0.25) is 9.59 Å². The van der Waals surface area contributed by atoms with E-state index in [2.05, 4.69) is 16.0 Å². The molecule has 44 heavy (non-hydrogen) atoms. The molecule has 0 spiro atoms. The van der Waals surface area contributed by atoms with Crippen LogP contribution in [0.2, 0.25) is 0 Å². The summed E-state index contributed by atoms with van der Waals surface area (Å²) in [5.74, 6) is -1.91. The van der Waals surface area contributed by atoms with Gasteiger partial charge in [0.25, 0.3) is 0 Å². The van der Waals surface area contributed by atoms with Gasteiger partial charge in [-0.25, -0.2) is 9.59 Å². The minimum atomic E-state index is -1.10. The Kier molecular flexibility index (Phi) is 15.0. The normalized spacial score (nSPS) is 20.6. The standard InChI is InChI=1S/C22H31N3O6.C12H23N/c1-14(2)12-17(21(28)29)24-19(26)18-10-7-11-25(18)20(27)15(3)23-22(30)31-13-16-8-5-4-6-9-16;1-3-7-11(8-4-1)13-12-9-5-2-6-10-12/h4-6,8-9,14-15,17-18H,7,10-13H2,1-3H3,(H,23,30)(H,24,26)(H,28,29);11-13H,1-10H2. The van der Waals surface area contributed by atoms with Crippen molar-refractivity contribution in [1.29, 1.82) is 0 Å². The Morgan fingerprint density at radius 2 is 1.43 bits per heavy atom. The Bertz CT molecular complexity index is 1020. The third-order valence-electron chi connectivity index (χ3n) is 8.76. The molecule has 3 fully saturated rings. The lowest BCUT2D eigenvalue weighted by atomic mass is 9.91. The van der Waals surface area contributed by atoms with Crippen LogP contribution in [-0.2, 0) is 25.7 Å². The quantitative estimate of drug-likeness (QED) is 0.271. The second-order valence-corrected chi connectivity index (χ2v) is 13.0. The zero-order valence-electron chi connectivity index (χ0n) is 26.9. The molecule has 4 N–H and O–H groups in total. The number of hydrogen-bond acceptors (Lipinski definition) is 6. The monoisotopic (exact) mass is 614 g/mol. The van der Waals surface area contributed by atoms with E-state index in [1.54, 1.807) is 0 Å². The summed E-state index contributed by atoms with van der Waals surface area (Å²) in [6.07, 6.45) is 15.2. The highest BCUT2D eigenvalue weighted by molar-refractivity contribution is 5.93. The van der Waals surface area contributed by atoms with E-state index in [1.165, 1.54) is 76.0 Å². The molecule has 0 radical (unpaired) electrons. The second kappa shape index (κ2) is 18.6. The van der Waals surface area contributed by atoms with Crippen molar-refractivity contribution in [2.45, 2.75) is 141 Å². The minimum Gasteiger partial charge on any atom is -0.480 e. The van der Waals surface area contributed by atoms with Gasteiger partial charge in [0.2, 0.25) is 11.8 Å². The number of aliphatic carboxylic acids is 1. The number of likely N-dealkylation sites (tertiary alicyclic amines) is 1. The Hall–Kier alpha value is -3.14. The maximum absolute atomic E-state index is 12.8. The number of carbonyl (C=O) groups excluding carboxylic acids is 3. The highest BCUT2D eigenvalue weighted by Crippen LogP contribution is 2.23. The lowest BCUT2D eigenvalue weighted by Crippen LogP contribution is -2.54. The lowest BCUT2D eigenvalue weighted by Gasteiger charge is -2.30. The largest absolute Gasteiger partial charge is 0.480 e. The number of benzene rings is 1. The number of ether oxygens (including phenoxy) is 1. The molecule has 1 aromatic carbocycles. The number of carbonyl (C=O) groups is 4. The van der Waals surface area contributed by atoms with Gasteiger partial charge < -0.3 is 30.7 Å². The summed E-state index contributed by atoms with van der Waals surface area (Å²) < 4.78 is 5.14. The van der Waals surface area contributed by atoms with Crippen LogP contribution in [0.15, 0.2) is 30.3 Å². The number of carboxylic acid groups (broad SMARTS) is 1. The molecule has 10 nitrogen and oxygen atoms in total. The molecule has 1 aromatic rings. The number of nitrogens with one attached hydrogen (secondary N) is 3. The first-order valence-corrected chi connectivity index (χ1v) is 16.7. The average molecular weight is 615 g/mol. The molecule has 246 valence electrons. The fraction of sp³-hybridized carbons (Fsp3) is 0.706. The summed E-state index contributed by atoms with van der Waals surface area (Å²) >= 11 is 0. The molecule has 2 aliphatic carbocycles. The smallest absolute Gasteiger partial charge is 0.408 e. The molecule has 3 unspecified atom stereocenters. The van der Waals surface area contributed by atoms with Gasteiger partial charge in [-0.15, -0.1) is 0 Å². The third-order valence-corrected chi connectivity index (χ3v) is 8.76. The van der Waals surface area contributed by atoms with Crippen molar-refractivity contribution in [2.24, 2.45) is 5.92 Å². The summed E-state index contributed by atoms with van der Waals surface area (Å²) in [7, 11) is 0. The fourth-order valence-electron chi connectivity index (χ4n) is 6.39. The number of amides is 3. The van der Waals surface area contributed by atoms with Gasteiger partial charge in [0.1, 0.15) is 24.7 Å². The molecule has 0 aromatic heterocycles. The van der Waals surface area contributed by atoms with Gasteiger partial charge in [-0.1, -0.05) is 82.7 Å². The summed E-state index contributed by atoms with van der Waals surface area (Å²) in [5, 5.41) is 18.3. The first-order chi connectivity index (χ1) is 21.1. The Morgan fingerprint density at radius 1 is 0.841 bits per heavy atom. The Balaban J connectivity index is 0.000000335. The van der Waals surface area contributed by atoms with Gasteiger partial charge in [0.15, 0.2) is 0 Å². The fourth-order valence-corrected chi connectivity index (χ4v) is 6.39. The zero-order chi connectivity index (χ0) is 31.9. The van der Waals surface area contributed by atoms with E-state index in [0.29, 0.717) is 25.8 Å². The van der Waals surface area contributed by atoms with Crippen LogP contribution in [0.25, 0.3) is 0 Å². The van der Waals surface area contributed by atoms with Crippen LogP contribution in [0.4, 0.5) is 4.79 Å². The second-order valence-electron chi connectivity index (χ2n) is 13.0. The van der Waals surface area contributed by atoms with Crippen molar-refractivity contribution in [1.82, 2.24) is 20.9 Å². The molecule has 3 aliphatic rings. The molecule has 4 rings (SSSR count). The molecular weight excluding hydrogens is 560 g/mol. The van der Waals surface area contributed by atoms with E-state index in [4.69, 9.17) is 4.74 Å². The van der Waals surface area contributed by atoms with Gasteiger partial charge >= 0.3 is 12.1 Å². The van der Waals surface area contributed by atoms with E-state index in [-0.39, 0.29) is 12.5 Å². The third kappa shape index (κ3) is 12.1. The molecule has 10 heteroatoms.